The molecule has 0 fully saturated rings. The summed E-state index contributed by atoms with van der Waals surface area (Å²) in [6, 6.07) is 10.9. The topological polar surface area (TPSA) is 87.0 Å². The largest absolute Gasteiger partial charge is 0.493 e. The molecular formula is C21H22N4O4. The summed E-state index contributed by atoms with van der Waals surface area (Å²) in [5.41, 5.74) is 5.44. The number of methoxy groups -OCH3 is 3. The first kappa shape index (κ1) is 19.9. The molecule has 150 valence electrons. The molecule has 29 heavy (non-hydrogen) atoms. The van der Waals surface area contributed by atoms with Crippen molar-refractivity contribution in [2.75, 3.05) is 21.3 Å². The summed E-state index contributed by atoms with van der Waals surface area (Å²) in [6.45, 7) is 1.82. The number of hydrogen-bond acceptors (Lipinski definition) is 6. The van der Waals surface area contributed by atoms with Crippen LogP contribution < -0.4 is 19.6 Å². The van der Waals surface area contributed by atoms with Crippen molar-refractivity contribution < 1.29 is 19.0 Å². The highest BCUT2D eigenvalue weighted by Crippen LogP contribution is 2.38. The Kier molecular flexibility index (Phi) is 6.13. The predicted molar refractivity (Wildman–Crippen MR) is 109 cm³/mol. The summed E-state index contributed by atoms with van der Waals surface area (Å²) in [4.78, 5) is 16.6. The van der Waals surface area contributed by atoms with E-state index in [1.807, 2.05) is 42.0 Å². The maximum Gasteiger partial charge on any atom is 0.271 e. The molecule has 0 radical (unpaired) electrons. The summed E-state index contributed by atoms with van der Waals surface area (Å²) in [5, 5.41) is 4.20. The highest BCUT2D eigenvalue weighted by molar-refractivity contribution is 6.01. The van der Waals surface area contributed by atoms with Crippen LogP contribution in [0.15, 0.2) is 60.2 Å². The zero-order valence-electron chi connectivity index (χ0n) is 16.7. The summed E-state index contributed by atoms with van der Waals surface area (Å²) >= 11 is 0. The van der Waals surface area contributed by atoms with Crippen molar-refractivity contribution in [3.8, 4) is 22.9 Å². The molecule has 0 aliphatic carbocycles. The number of nitrogens with zero attached hydrogens (tertiary/aromatic N) is 3. The average Bonchev–Trinajstić information content (AvgIpc) is 3.31. The van der Waals surface area contributed by atoms with E-state index >= 15 is 0 Å². The molecule has 0 saturated heterocycles. The fraction of sp³-hybridized carbons (Fsp3) is 0.190. The quantitative estimate of drug-likeness (QED) is 0.492. The number of aromatic nitrogens is 2. The van der Waals surface area contributed by atoms with Crippen molar-refractivity contribution in [1.29, 1.82) is 0 Å². The van der Waals surface area contributed by atoms with Crippen molar-refractivity contribution in [1.82, 2.24) is 15.0 Å². The first-order valence-corrected chi connectivity index (χ1v) is 8.80. The van der Waals surface area contributed by atoms with Gasteiger partial charge in [-0.3, -0.25) is 4.79 Å². The van der Waals surface area contributed by atoms with Gasteiger partial charge in [-0.25, -0.2) is 10.4 Å². The Morgan fingerprint density at radius 3 is 2.17 bits per heavy atom. The molecule has 8 nitrogen and oxygen atoms in total. The molecule has 1 amide bonds. The van der Waals surface area contributed by atoms with Crippen LogP contribution in [0, 0.1) is 0 Å². The van der Waals surface area contributed by atoms with Gasteiger partial charge in [0.25, 0.3) is 5.91 Å². The number of nitrogens with one attached hydrogen (secondary N) is 1. The Morgan fingerprint density at radius 1 is 1.00 bits per heavy atom. The highest BCUT2D eigenvalue weighted by Gasteiger charge is 2.16. The minimum atomic E-state index is -0.390. The van der Waals surface area contributed by atoms with Gasteiger partial charge in [-0.15, -0.1) is 0 Å². The van der Waals surface area contributed by atoms with Gasteiger partial charge >= 0.3 is 0 Å². The maximum absolute atomic E-state index is 12.5. The van der Waals surface area contributed by atoms with Crippen molar-refractivity contribution >= 4 is 11.6 Å². The lowest BCUT2D eigenvalue weighted by molar-refractivity contribution is 0.0954. The van der Waals surface area contributed by atoms with Crippen LogP contribution in [0.4, 0.5) is 0 Å². The first-order valence-electron chi connectivity index (χ1n) is 8.80. The van der Waals surface area contributed by atoms with E-state index in [1.165, 1.54) is 21.3 Å². The van der Waals surface area contributed by atoms with E-state index in [-0.39, 0.29) is 0 Å². The zero-order chi connectivity index (χ0) is 20.8. The number of hydrogen-bond donors (Lipinski definition) is 1. The minimum absolute atomic E-state index is 0.339. The second-order valence-electron chi connectivity index (χ2n) is 6.07. The Hall–Kier alpha value is -3.81. The van der Waals surface area contributed by atoms with Gasteiger partial charge in [0.15, 0.2) is 11.5 Å². The lowest BCUT2D eigenvalue weighted by atomic mass is 10.1. The third kappa shape index (κ3) is 4.37. The number of carbonyl (C=O) groups excluding carboxylic acids is 1. The van der Waals surface area contributed by atoms with Crippen LogP contribution in [-0.2, 0) is 0 Å². The second kappa shape index (κ2) is 8.92. The highest BCUT2D eigenvalue weighted by atomic mass is 16.5. The van der Waals surface area contributed by atoms with Crippen molar-refractivity contribution in [3.05, 3.63) is 66.2 Å². The molecule has 8 heteroatoms. The fourth-order valence-electron chi connectivity index (χ4n) is 2.76. The maximum atomic E-state index is 12.5. The molecule has 3 rings (SSSR count). The Morgan fingerprint density at radius 2 is 1.66 bits per heavy atom. The van der Waals surface area contributed by atoms with Crippen LogP contribution in [0.25, 0.3) is 5.69 Å². The standard InChI is InChI=1S/C21H22N4O4/c1-14(15-5-7-17(8-6-15)25-10-9-22-13-25)23-24-21(26)16-11-18(27-2)20(29-4)19(12-16)28-3/h5-13H,1-4H3,(H,24,26)/b23-14+. The molecule has 0 saturated carbocycles. The monoisotopic (exact) mass is 394 g/mol. The van der Waals surface area contributed by atoms with Crippen LogP contribution >= 0.6 is 0 Å². The smallest absolute Gasteiger partial charge is 0.271 e. The fourth-order valence-corrected chi connectivity index (χ4v) is 2.76. The molecule has 1 N–H and O–H groups in total. The second-order valence-corrected chi connectivity index (χ2v) is 6.07. The molecule has 0 atom stereocenters. The number of rotatable bonds is 7. The average molecular weight is 394 g/mol. The lowest BCUT2D eigenvalue weighted by Crippen LogP contribution is -2.19. The number of benzene rings is 2. The van der Waals surface area contributed by atoms with Crippen LogP contribution in [0.3, 0.4) is 0 Å². The van der Waals surface area contributed by atoms with E-state index < -0.39 is 5.91 Å². The van der Waals surface area contributed by atoms with Gasteiger partial charge in [0, 0.05) is 23.6 Å². The van der Waals surface area contributed by atoms with Crippen molar-refractivity contribution in [3.63, 3.8) is 0 Å². The number of imidazole rings is 1. The van der Waals surface area contributed by atoms with Gasteiger partial charge in [-0.1, -0.05) is 12.1 Å². The Bertz CT molecular complexity index is 987. The normalized spacial score (nSPS) is 11.1. The van der Waals surface area contributed by atoms with E-state index in [1.54, 1.807) is 24.7 Å². The van der Waals surface area contributed by atoms with Crippen LogP contribution in [-0.4, -0.2) is 42.5 Å². The van der Waals surface area contributed by atoms with E-state index in [0.717, 1.165) is 11.3 Å². The van der Waals surface area contributed by atoms with Gasteiger partial charge in [0.05, 0.1) is 33.4 Å². The van der Waals surface area contributed by atoms with E-state index in [2.05, 4.69) is 15.5 Å². The summed E-state index contributed by atoms with van der Waals surface area (Å²) < 4.78 is 17.7. The molecule has 1 heterocycles. The summed E-state index contributed by atoms with van der Waals surface area (Å²) in [7, 11) is 4.50. The van der Waals surface area contributed by atoms with Crippen LogP contribution in [0.5, 0.6) is 17.2 Å². The number of carbonyl (C=O) groups is 1. The molecule has 3 aromatic rings. The zero-order valence-corrected chi connectivity index (χ0v) is 16.7. The first-order chi connectivity index (χ1) is 14.1. The SMILES string of the molecule is COc1cc(C(=O)N/N=C(\C)c2ccc(-n3ccnc3)cc2)cc(OC)c1OC. The minimum Gasteiger partial charge on any atom is -0.493 e. The predicted octanol–water partition coefficient (Wildman–Crippen LogP) is 3.05. The molecule has 0 aliphatic rings. The van der Waals surface area contributed by atoms with Gasteiger partial charge in [-0.05, 0) is 36.8 Å². The molecule has 2 aromatic carbocycles. The Balaban J connectivity index is 1.76. The third-order valence-electron chi connectivity index (χ3n) is 4.34. The third-order valence-corrected chi connectivity index (χ3v) is 4.34. The molecule has 0 unspecified atom stereocenters. The van der Waals surface area contributed by atoms with E-state index in [9.17, 15) is 4.79 Å². The van der Waals surface area contributed by atoms with Crippen LogP contribution in [0.2, 0.25) is 0 Å². The van der Waals surface area contributed by atoms with E-state index in [0.29, 0.717) is 28.5 Å². The van der Waals surface area contributed by atoms with Gasteiger partial charge < -0.3 is 18.8 Å². The van der Waals surface area contributed by atoms with E-state index in [4.69, 9.17) is 14.2 Å². The van der Waals surface area contributed by atoms with Gasteiger partial charge in [0.2, 0.25) is 5.75 Å². The summed E-state index contributed by atoms with van der Waals surface area (Å²) in [6.07, 6.45) is 5.32. The van der Waals surface area contributed by atoms with Crippen molar-refractivity contribution in [2.24, 2.45) is 5.10 Å². The van der Waals surface area contributed by atoms with Gasteiger partial charge in [-0.2, -0.15) is 5.10 Å². The lowest BCUT2D eigenvalue weighted by Gasteiger charge is -2.13. The van der Waals surface area contributed by atoms with Gasteiger partial charge in [0.1, 0.15) is 0 Å². The number of ether oxygens (including phenoxy) is 3. The molecular weight excluding hydrogens is 372 g/mol. The van der Waals surface area contributed by atoms with Crippen LogP contribution in [0.1, 0.15) is 22.8 Å². The number of hydrazone groups is 1. The Labute approximate surface area is 168 Å². The molecule has 1 aromatic heterocycles. The number of amides is 1. The summed E-state index contributed by atoms with van der Waals surface area (Å²) in [5.74, 6) is 0.823. The van der Waals surface area contributed by atoms with Crippen molar-refractivity contribution in [2.45, 2.75) is 6.92 Å². The molecule has 0 spiro atoms. The molecule has 0 bridgehead atoms. The molecule has 0 aliphatic heterocycles.